The van der Waals surface area contributed by atoms with Crippen molar-refractivity contribution in [2.24, 2.45) is 0 Å². The molecule has 0 aliphatic rings. The molecular formula is C16H23NO3. The number of ether oxygens (including phenoxy) is 1. The van der Waals surface area contributed by atoms with Gasteiger partial charge in [0.1, 0.15) is 0 Å². The first kappa shape index (κ1) is 16.2. The summed E-state index contributed by atoms with van der Waals surface area (Å²) in [4.78, 5) is 23.0. The number of carbonyl (C=O) groups excluding carboxylic acids is 2. The van der Waals surface area contributed by atoms with E-state index in [1.54, 1.807) is 24.3 Å². The highest BCUT2D eigenvalue weighted by molar-refractivity contribution is 5.92. The minimum absolute atomic E-state index is 0.0207. The molecular weight excluding hydrogens is 254 g/mol. The summed E-state index contributed by atoms with van der Waals surface area (Å²) < 4.78 is 4.62. The fourth-order valence-corrected chi connectivity index (χ4v) is 1.92. The average Bonchev–Trinajstić information content (AvgIpc) is 2.47. The summed E-state index contributed by atoms with van der Waals surface area (Å²) in [5.74, 6) is -0.355. The maximum absolute atomic E-state index is 11.7. The average molecular weight is 277 g/mol. The lowest BCUT2D eigenvalue weighted by atomic mass is 10.1. The quantitative estimate of drug-likeness (QED) is 0.581. The van der Waals surface area contributed by atoms with E-state index in [-0.39, 0.29) is 11.9 Å². The van der Waals surface area contributed by atoms with Gasteiger partial charge in [0.2, 0.25) is 5.91 Å². The third kappa shape index (κ3) is 5.87. The standard InChI is InChI=1S/C16H23NO3/c1-3-4-5-6-7-8-15(18)17-14-11-9-13(10-12-14)16(19)20-2/h9-12H,3-8H2,1-2H3,(H,17,18). The molecule has 0 heterocycles. The first-order valence-electron chi connectivity index (χ1n) is 7.15. The lowest BCUT2D eigenvalue weighted by Crippen LogP contribution is -2.11. The number of esters is 1. The summed E-state index contributed by atoms with van der Waals surface area (Å²) in [5.41, 5.74) is 1.18. The highest BCUT2D eigenvalue weighted by Gasteiger charge is 2.06. The first-order chi connectivity index (χ1) is 9.67. The van der Waals surface area contributed by atoms with Crippen LogP contribution in [0.2, 0.25) is 0 Å². The second kappa shape index (κ2) is 9.13. The second-order valence-electron chi connectivity index (χ2n) is 4.78. The van der Waals surface area contributed by atoms with E-state index in [9.17, 15) is 9.59 Å². The molecule has 0 spiro atoms. The Bertz CT molecular complexity index is 426. The molecule has 0 saturated carbocycles. The Balaban J connectivity index is 2.33. The minimum Gasteiger partial charge on any atom is -0.465 e. The van der Waals surface area contributed by atoms with E-state index in [4.69, 9.17) is 0 Å². The number of amides is 1. The molecule has 1 aromatic rings. The smallest absolute Gasteiger partial charge is 0.337 e. The molecule has 0 aliphatic carbocycles. The number of hydrogen-bond acceptors (Lipinski definition) is 3. The molecule has 0 saturated heterocycles. The van der Waals surface area contributed by atoms with Crippen LogP contribution in [0.15, 0.2) is 24.3 Å². The van der Waals surface area contributed by atoms with Crippen LogP contribution in [-0.4, -0.2) is 19.0 Å². The van der Waals surface area contributed by atoms with E-state index in [2.05, 4.69) is 17.0 Å². The highest BCUT2D eigenvalue weighted by atomic mass is 16.5. The number of hydrogen-bond donors (Lipinski definition) is 1. The third-order valence-electron chi connectivity index (χ3n) is 3.10. The van der Waals surface area contributed by atoms with E-state index in [1.807, 2.05) is 0 Å². The molecule has 1 rings (SSSR count). The van der Waals surface area contributed by atoms with Crippen LogP contribution in [0.3, 0.4) is 0 Å². The molecule has 0 aromatic heterocycles. The Morgan fingerprint density at radius 1 is 1.05 bits per heavy atom. The largest absolute Gasteiger partial charge is 0.465 e. The van der Waals surface area contributed by atoms with Crippen LogP contribution in [0.1, 0.15) is 55.8 Å². The van der Waals surface area contributed by atoms with Crippen LogP contribution >= 0.6 is 0 Å². The van der Waals surface area contributed by atoms with Crippen molar-refractivity contribution in [2.75, 3.05) is 12.4 Å². The maximum Gasteiger partial charge on any atom is 0.337 e. The van der Waals surface area contributed by atoms with Gasteiger partial charge in [-0.1, -0.05) is 32.6 Å². The molecule has 0 bridgehead atoms. The molecule has 0 atom stereocenters. The molecule has 0 fully saturated rings. The number of methoxy groups -OCH3 is 1. The normalized spacial score (nSPS) is 10.1. The van der Waals surface area contributed by atoms with Gasteiger partial charge in [-0.2, -0.15) is 0 Å². The fraction of sp³-hybridized carbons (Fsp3) is 0.500. The molecule has 0 unspecified atom stereocenters. The summed E-state index contributed by atoms with van der Waals surface area (Å²) in [5, 5.41) is 2.83. The van der Waals surface area contributed by atoms with Crippen LogP contribution in [0, 0.1) is 0 Å². The van der Waals surface area contributed by atoms with Gasteiger partial charge in [0.05, 0.1) is 12.7 Å². The van der Waals surface area contributed by atoms with Gasteiger partial charge >= 0.3 is 5.97 Å². The van der Waals surface area contributed by atoms with Crippen molar-refractivity contribution in [1.82, 2.24) is 0 Å². The van der Waals surface area contributed by atoms with Crippen molar-refractivity contribution in [1.29, 1.82) is 0 Å². The SMILES string of the molecule is CCCCCCCC(=O)Nc1ccc(C(=O)OC)cc1. The van der Waals surface area contributed by atoms with Crippen LogP contribution in [0.5, 0.6) is 0 Å². The topological polar surface area (TPSA) is 55.4 Å². The molecule has 1 N–H and O–H groups in total. The Hall–Kier alpha value is -1.84. The van der Waals surface area contributed by atoms with Crippen LogP contribution < -0.4 is 5.32 Å². The number of anilines is 1. The Kier molecular flexibility index (Phi) is 7.40. The molecule has 4 heteroatoms. The van der Waals surface area contributed by atoms with Gasteiger partial charge in [-0.05, 0) is 30.7 Å². The predicted octanol–water partition coefficient (Wildman–Crippen LogP) is 3.77. The number of benzene rings is 1. The van der Waals surface area contributed by atoms with E-state index >= 15 is 0 Å². The summed E-state index contributed by atoms with van der Waals surface area (Å²) in [6.07, 6.45) is 6.20. The maximum atomic E-state index is 11.7. The van der Waals surface area contributed by atoms with Crippen molar-refractivity contribution in [3.8, 4) is 0 Å². The van der Waals surface area contributed by atoms with E-state index < -0.39 is 0 Å². The van der Waals surface area contributed by atoms with Gasteiger partial charge in [0, 0.05) is 12.1 Å². The van der Waals surface area contributed by atoms with Crippen molar-refractivity contribution in [2.45, 2.75) is 45.4 Å². The molecule has 1 amide bonds. The van der Waals surface area contributed by atoms with E-state index in [0.29, 0.717) is 17.7 Å². The number of nitrogens with one attached hydrogen (secondary N) is 1. The summed E-state index contributed by atoms with van der Waals surface area (Å²) in [6.45, 7) is 2.17. The van der Waals surface area contributed by atoms with E-state index in [0.717, 1.165) is 12.8 Å². The summed E-state index contributed by atoms with van der Waals surface area (Å²) in [6, 6.07) is 6.70. The van der Waals surface area contributed by atoms with Gasteiger partial charge in [-0.15, -0.1) is 0 Å². The van der Waals surface area contributed by atoms with E-state index in [1.165, 1.54) is 26.4 Å². The molecule has 110 valence electrons. The predicted molar refractivity (Wildman–Crippen MR) is 79.8 cm³/mol. The number of carbonyl (C=O) groups is 2. The molecule has 20 heavy (non-hydrogen) atoms. The van der Waals surface area contributed by atoms with Gasteiger partial charge in [0.15, 0.2) is 0 Å². The summed E-state index contributed by atoms with van der Waals surface area (Å²) in [7, 11) is 1.34. The second-order valence-corrected chi connectivity index (χ2v) is 4.78. The monoisotopic (exact) mass is 277 g/mol. The minimum atomic E-state index is -0.376. The zero-order valence-corrected chi connectivity index (χ0v) is 12.3. The van der Waals surface area contributed by atoms with Crippen molar-refractivity contribution < 1.29 is 14.3 Å². The van der Waals surface area contributed by atoms with Gasteiger partial charge in [0.25, 0.3) is 0 Å². The molecule has 0 aliphatic heterocycles. The Labute approximate surface area is 120 Å². The van der Waals surface area contributed by atoms with Gasteiger partial charge < -0.3 is 10.1 Å². The Morgan fingerprint density at radius 2 is 1.70 bits per heavy atom. The van der Waals surface area contributed by atoms with Crippen molar-refractivity contribution >= 4 is 17.6 Å². The van der Waals surface area contributed by atoms with Crippen LogP contribution in [0.4, 0.5) is 5.69 Å². The van der Waals surface area contributed by atoms with Crippen LogP contribution in [-0.2, 0) is 9.53 Å². The molecule has 4 nitrogen and oxygen atoms in total. The van der Waals surface area contributed by atoms with Gasteiger partial charge in [-0.3, -0.25) is 4.79 Å². The number of rotatable bonds is 8. The van der Waals surface area contributed by atoms with Gasteiger partial charge in [-0.25, -0.2) is 4.79 Å². The lowest BCUT2D eigenvalue weighted by molar-refractivity contribution is -0.116. The van der Waals surface area contributed by atoms with Crippen molar-refractivity contribution in [3.05, 3.63) is 29.8 Å². The zero-order valence-electron chi connectivity index (χ0n) is 12.3. The Morgan fingerprint density at radius 3 is 2.30 bits per heavy atom. The van der Waals surface area contributed by atoms with Crippen LogP contribution in [0.25, 0.3) is 0 Å². The zero-order chi connectivity index (χ0) is 14.8. The first-order valence-corrected chi connectivity index (χ1v) is 7.15. The number of unbranched alkanes of at least 4 members (excludes halogenated alkanes) is 4. The lowest BCUT2D eigenvalue weighted by Gasteiger charge is -2.06. The fourth-order valence-electron chi connectivity index (χ4n) is 1.92. The summed E-state index contributed by atoms with van der Waals surface area (Å²) >= 11 is 0. The molecule has 1 aromatic carbocycles. The van der Waals surface area contributed by atoms with Crippen molar-refractivity contribution in [3.63, 3.8) is 0 Å². The highest BCUT2D eigenvalue weighted by Crippen LogP contribution is 2.12. The molecule has 0 radical (unpaired) electrons. The third-order valence-corrected chi connectivity index (χ3v) is 3.10.